The van der Waals surface area contributed by atoms with Gasteiger partial charge in [0, 0.05) is 31.0 Å². The van der Waals surface area contributed by atoms with Crippen LogP contribution in [-0.2, 0) is 0 Å². The predicted molar refractivity (Wildman–Crippen MR) is 66.2 cm³/mol. The van der Waals surface area contributed by atoms with E-state index in [1.807, 2.05) is 12.3 Å². The highest BCUT2D eigenvalue weighted by atomic mass is 15.1. The molecule has 0 amide bonds. The van der Waals surface area contributed by atoms with Crippen molar-refractivity contribution in [3.8, 4) is 0 Å². The molecule has 1 N–H and O–H groups in total. The van der Waals surface area contributed by atoms with Crippen molar-refractivity contribution in [1.29, 1.82) is 0 Å². The lowest BCUT2D eigenvalue weighted by Gasteiger charge is -2.21. The molecule has 16 heavy (non-hydrogen) atoms. The van der Waals surface area contributed by atoms with E-state index < -0.39 is 0 Å². The van der Waals surface area contributed by atoms with Gasteiger partial charge in [-0.1, -0.05) is 6.08 Å². The molecule has 0 atom stereocenters. The van der Waals surface area contributed by atoms with Crippen molar-refractivity contribution >= 4 is 16.6 Å². The fourth-order valence-corrected chi connectivity index (χ4v) is 2.21. The number of aromatic amines is 1. The number of nitrogens with one attached hydrogen (secondary N) is 1. The van der Waals surface area contributed by atoms with Crippen molar-refractivity contribution in [3.05, 3.63) is 36.2 Å². The molecule has 0 aliphatic carbocycles. The van der Waals surface area contributed by atoms with Crippen LogP contribution in [0.5, 0.6) is 0 Å². The Morgan fingerprint density at radius 3 is 3.19 bits per heavy atom. The number of fused-ring (bicyclic) bond motifs is 1. The van der Waals surface area contributed by atoms with E-state index in [2.05, 4.69) is 40.3 Å². The summed E-state index contributed by atoms with van der Waals surface area (Å²) in [6.07, 6.45) is 7.35. The summed E-state index contributed by atoms with van der Waals surface area (Å²) in [4.78, 5) is 10.1. The molecule has 3 heteroatoms. The average Bonchev–Trinajstić information content (AvgIpc) is 2.74. The lowest BCUT2D eigenvalue weighted by atomic mass is 10.0. The molecule has 1 aliphatic heterocycles. The Hall–Kier alpha value is -1.61. The zero-order valence-corrected chi connectivity index (χ0v) is 9.40. The first-order valence-corrected chi connectivity index (χ1v) is 5.64. The first-order valence-electron chi connectivity index (χ1n) is 5.64. The molecule has 0 saturated heterocycles. The molecular formula is C13H15N3. The zero-order valence-electron chi connectivity index (χ0n) is 9.40. The smallest absolute Gasteiger partial charge is 0.0953 e. The molecule has 0 saturated carbocycles. The van der Waals surface area contributed by atoms with E-state index in [0.29, 0.717) is 0 Å². The molecule has 0 fully saturated rings. The molecule has 0 radical (unpaired) electrons. The van der Waals surface area contributed by atoms with E-state index in [0.717, 1.165) is 30.5 Å². The Balaban J connectivity index is 2.06. The number of hydrogen-bond acceptors (Lipinski definition) is 2. The van der Waals surface area contributed by atoms with Crippen LogP contribution in [0, 0.1) is 0 Å². The van der Waals surface area contributed by atoms with Crippen LogP contribution in [0.1, 0.15) is 12.0 Å². The third-order valence-electron chi connectivity index (χ3n) is 3.19. The van der Waals surface area contributed by atoms with E-state index in [-0.39, 0.29) is 0 Å². The molecule has 2 aromatic rings. The number of likely N-dealkylation sites (N-methyl/N-ethyl adjacent to an activating group) is 1. The van der Waals surface area contributed by atoms with Gasteiger partial charge in [0.25, 0.3) is 0 Å². The summed E-state index contributed by atoms with van der Waals surface area (Å²) in [5.41, 5.74) is 4.90. The lowest BCUT2D eigenvalue weighted by Crippen LogP contribution is -2.23. The summed E-state index contributed by atoms with van der Waals surface area (Å²) in [6, 6.07) is 4.03. The van der Waals surface area contributed by atoms with Gasteiger partial charge in [0.05, 0.1) is 11.0 Å². The van der Waals surface area contributed by atoms with Crippen LogP contribution in [0.15, 0.2) is 30.6 Å². The largest absolute Gasteiger partial charge is 0.359 e. The van der Waals surface area contributed by atoms with Gasteiger partial charge in [0.2, 0.25) is 0 Å². The van der Waals surface area contributed by atoms with Crippen molar-refractivity contribution < 1.29 is 0 Å². The van der Waals surface area contributed by atoms with Gasteiger partial charge in [-0.05, 0) is 31.2 Å². The quantitative estimate of drug-likeness (QED) is 0.788. The van der Waals surface area contributed by atoms with Gasteiger partial charge in [-0.25, -0.2) is 0 Å². The molecule has 0 unspecified atom stereocenters. The van der Waals surface area contributed by atoms with E-state index in [1.165, 1.54) is 11.1 Å². The number of pyridine rings is 1. The van der Waals surface area contributed by atoms with Crippen LogP contribution in [-0.4, -0.2) is 35.0 Å². The fraction of sp³-hybridized carbons (Fsp3) is 0.308. The Bertz CT molecular complexity index is 539. The summed E-state index contributed by atoms with van der Waals surface area (Å²) in [6.45, 7) is 2.17. The molecule has 3 heterocycles. The SMILES string of the molecule is CN1CC=C(c2c[nH]c3cccnc23)CC1. The minimum Gasteiger partial charge on any atom is -0.359 e. The van der Waals surface area contributed by atoms with Gasteiger partial charge in [0.1, 0.15) is 0 Å². The normalized spacial score (nSPS) is 17.7. The maximum Gasteiger partial charge on any atom is 0.0953 e. The Morgan fingerprint density at radius 1 is 1.44 bits per heavy atom. The van der Waals surface area contributed by atoms with Crippen molar-refractivity contribution in [2.24, 2.45) is 0 Å². The fourth-order valence-electron chi connectivity index (χ4n) is 2.21. The standard InChI is InChI=1S/C13H15N3/c1-16-7-4-10(5-8-16)11-9-15-12-3-2-6-14-13(11)12/h2-4,6,9,15H,5,7-8H2,1H3. The first-order chi connectivity index (χ1) is 7.84. The third kappa shape index (κ3) is 1.53. The average molecular weight is 213 g/mol. The summed E-state index contributed by atoms with van der Waals surface area (Å²) in [7, 11) is 2.15. The Labute approximate surface area is 94.8 Å². The van der Waals surface area contributed by atoms with Crippen molar-refractivity contribution in [1.82, 2.24) is 14.9 Å². The van der Waals surface area contributed by atoms with Gasteiger partial charge in [-0.2, -0.15) is 0 Å². The van der Waals surface area contributed by atoms with Crippen LogP contribution in [0.4, 0.5) is 0 Å². The van der Waals surface area contributed by atoms with Crippen LogP contribution >= 0.6 is 0 Å². The third-order valence-corrected chi connectivity index (χ3v) is 3.19. The zero-order chi connectivity index (χ0) is 11.0. The number of hydrogen-bond donors (Lipinski definition) is 1. The summed E-state index contributed by atoms with van der Waals surface area (Å²) < 4.78 is 0. The van der Waals surface area contributed by atoms with Crippen LogP contribution in [0.3, 0.4) is 0 Å². The maximum absolute atomic E-state index is 4.45. The minimum atomic E-state index is 1.04. The topological polar surface area (TPSA) is 31.9 Å². The molecule has 0 aromatic carbocycles. The molecule has 3 rings (SSSR count). The molecule has 1 aliphatic rings. The van der Waals surface area contributed by atoms with E-state index >= 15 is 0 Å². The van der Waals surface area contributed by atoms with Crippen molar-refractivity contribution in [2.75, 3.05) is 20.1 Å². The predicted octanol–water partition coefficient (Wildman–Crippen LogP) is 2.28. The van der Waals surface area contributed by atoms with E-state index in [1.54, 1.807) is 0 Å². The Morgan fingerprint density at radius 2 is 2.38 bits per heavy atom. The maximum atomic E-state index is 4.45. The van der Waals surface area contributed by atoms with Crippen LogP contribution in [0.2, 0.25) is 0 Å². The summed E-state index contributed by atoms with van der Waals surface area (Å²) in [5, 5.41) is 0. The minimum absolute atomic E-state index is 1.04. The van der Waals surface area contributed by atoms with Crippen molar-refractivity contribution in [3.63, 3.8) is 0 Å². The van der Waals surface area contributed by atoms with Crippen molar-refractivity contribution in [2.45, 2.75) is 6.42 Å². The number of H-pyrrole nitrogens is 1. The van der Waals surface area contributed by atoms with Gasteiger partial charge >= 0.3 is 0 Å². The second-order valence-electron chi connectivity index (χ2n) is 4.34. The van der Waals surface area contributed by atoms with Gasteiger partial charge < -0.3 is 9.88 Å². The van der Waals surface area contributed by atoms with E-state index in [4.69, 9.17) is 0 Å². The molecule has 3 nitrogen and oxygen atoms in total. The second-order valence-corrected chi connectivity index (χ2v) is 4.34. The number of rotatable bonds is 1. The first kappa shape index (κ1) is 9.60. The molecular weight excluding hydrogens is 198 g/mol. The molecule has 0 bridgehead atoms. The molecule has 2 aromatic heterocycles. The second kappa shape index (κ2) is 3.76. The highest BCUT2D eigenvalue weighted by Gasteiger charge is 2.13. The number of nitrogens with zero attached hydrogens (tertiary/aromatic N) is 2. The summed E-state index contributed by atoms with van der Waals surface area (Å²) >= 11 is 0. The molecule has 82 valence electrons. The molecule has 0 spiro atoms. The van der Waals surface area contributed by atoms with Gasteiger partial charge in [0.15, 0.2) is 0 Å². The lowest BCUT2D eigenvalue weighted by molar-refractivity contribution is 0.370. The van der Waals surface area contributed by atoms with Gasteiger partial charge in [-0.15, -0.1) is 0 Å². The monoisotopic (exact) mass is 213 g/mol. The highest BCUT2D eigenvalue weighted by Crippen LogP contribution is 2.27. The number of aromatic nitrogens is 2. The van der Waals surface area contributed by atoms with E-state index in [9.17, 15) is 0 Å². The van der Waals surface area contributed by atoms with Crippen LogP contribution < -0.4 is 0 Å². The van der Waals surface area contributed by atoms with Gasteiger partial charge in [-0.3, -0.25) is 4.98 Å². The van der Waals surface area contributed by atoms with Crippen LogP contribution in [0.25, 0.3) is 16.6 Å². The Kier molecular flexibility index (Phi) is 2.26. The summed E-state index contributed by atoms with van der Waals surface area (Å²) in [5.74, 6) is 0. The highest BCUT2D eigenvalue weighted by molar-refractivity contribution is 5.89.